The van der Waals surface area contributed by atoms with Gasteiger partial charge in [-0.2, -0.15) is 0 Å². The number of anilines is 1. The normalized spacial score (nSPS) is 12.7. The van der Waals surface area contributed by atoms with Crippen molar-refractivity contribution in [1.29, 1.82) is 0 Å². The van der Waals surface area contributed by atoms with Crippen LogP contribution in [0.4, 0.5) is 10.1 Å². The third-order valence-electron chi connectivity index (χ3n) is 2.84. The van der Waals surface area contributed by atoms with Crippen LogP contribution in [0.2, 0.25) is 5.02 Å². The van der Waals surface area contributed by atoms with Gasteiger partial charge in [0.1, 0.15) is 5.82 Å². The molecule has 0 aromatic heterocycles. The molecule has 0 aliphatic carbocycles. The van der Waals surface area contributed by atoms with Crippen LogP contribution in [0.15, 0.2) is 18.2 Å². The Kier molecular flexibility index (Phi) is 5.69. The second kappa shape index (κ2) is 6.87. The first-order valence-corrected chi connectivity index (χ1v) is 6.71. The number of rotatable bonds is 3. The quantitative estimate of drug-likeness (QED) is 0.746. The first-order valence-electron chi connectivity index (χ1n) is 6.33. The molecule has 0 spiro atoms. The molecule has 0 aliphatic rings. The molecule has 1 rings (SSSR count). The third kappa shape index (κ3) is 5.32. The zero-order valence-electron chi connectivity index (χ0n) is 12.0. The molecule has 0 fully saturated rings. The SMILES string of the molecule is CC(C)(C)C(O)CNC(=O)C(=O)Nc1ccc(Cl)cc1F. The van der Waals surface area contributed by atoms with Gasteiger partial charge in [0.25, 0.3) is 0 Å². The summed E-state index contributed by atoms with van der Waals surface area (Å²) in [5.41, 5.74) is -0.567. The van der Waals surface area contributed by atoms with Crippen molar-refractivity contribution >= 4 is 29.1 Å². The standard InChI is InChI=1S/C14H18ClFN2O3/c1-14(2,3)11(19)7-17-12(20)13(21)18-10-5-4-8(15)6-9(10)16/h4-6,11,19H,7H2,1-3H3,(H,17,20)(H,18,21). The molecule has 3 N–H and O–H groups in total. The summed E-state index contributed by atoms with van der Waals surface area (Å²) in [7, 11) is 0. The maximum atomic E-state index is 13.5. The molecule has 1 aromatic carbocycles. The van der Waals surface area contributed by atoms with E-state index < -0.39 is 29.2 Å². The van der Waals surface area contributed by atoms with Crippen LogP contribution in [0.25, 0.3) is 0 Å². The monoisotopic (exact) mass is 316 g/mol. The topological polar surface area (TPSA) is 78.4 Å². The van der Waals surface area contributed by atoms with Gasteiger partial charge >= 0.3 is 11.8 Å². The molecule has 0 saturated carbocycles. The number of aliphatic hydroxyl groups is 1. The maximum absolute atomic E-state index is 13.5. The van der Waals surface area contributed by atoms with Gasteiger partial charge in [0.05, 0.1) is 11.8 Å². The van der Waals surface area contributed by atoms with Crippen LogP contribution in [0.3, 0.4) is 0 Å². The van der Waals surface area contributed by atoms with E-state index >= 15 is 0 Å². The van der Waals surface area contributed by atoms with Crippen LogP contribution >= 0.6 is 11.6 Å². The third-order valence-corrected chi connectivity index (χ3v) is 3.08. The van der Waals surface area contributed by atoms with E-state index in [0.717, 1.165) is 6.07 Å². The number of halogens is 2. The van der Waals surface area contributed by atoms with Crippen LogP contribution in [0.5, 0.6) is 0 Å². The Bertz CT molecular complexity index is 544. The summed E-state index contributed by atoms with van der Waals surface area (Å²) in [4.78, 5) is 23.2. The molecule has 1 unspecified atom stereocenters. The minimum absolute atomic E-state index is 0.0706. The number of aliphatic hydroxyl groups excluding tert-OH is 1. The van der Waals surface area contributed by atoms with Crippen molar-refractivity contribution < 1.29 is 19.1 Å². The van der Waals surface area contributed by atoms with Crippen molar-refractivity contribution in [2.75, 3.05) is 11.9 Å². The molecule has 0 bridgehead atoms. The Hall–Kier alpha value is -1.66. The molecule has 1 atom stereocenters. The highest BCUT2D eigenvalue weighted by atomic mass is 35.5. The zero-order chi connectivity index (χ0) is 16.2. The van der Waals surface area contributed by atoms with Gasteiger partial charge in [0, 0.05) is 11.6 Å². The average molecular weight is 317 g/mol. The summed E-state index contributed by atoms with van der Waals surface area (Å²) < 4.78 is 13.5. The Balaban J connectivity index is 2.57. The summed E-state index contributed by atoms with van der Waals surface area (Å²) in [5.74, 6) is -2.71. The van der Waals surface area contributed by atoms with Crippen molar-refractivity contribution in [3.8, 4) is 0 Å². The first kappa shape index (κ1) is 17.4. The lowest BCUT2D eigenvalue weighted by Gasteiger charge is -2.25. The van der Waals surface area contributed by atoms with Gasteiger partial charge in [-0.05, 0) is 23.6 Å². The Morgan fingerprint density at radius 3 is 2.48 bits per heavy atom. The maximum Gasteiger partial charge on any atom is 0.313 e. The number of carbonyl (C=O) groups excluding carboxylic acids is 2. The fourth-order valence-corrected chi connectivity index (χ4v) is 1.50. The second-order valence-electron chi connectivity index (χ2n) is 5.67. The number of hydrogen-bond donors (Lipinski definition) is 3. The predicted molar refractivity (Wildman–Crippen MR) is 78.5 cm³/mol. The van der Waals surface area contributed by atoms with E-state index in [1.807, 2.05) is 0 Å². The highest BCUT2D eigenvalue weighted by Gasteiger charge is 2.24. The van der Waals surface area contributed by atoms with Crippen LogP contribution in [0, 0.1) is 11.2 Å². The Morgan fingerprint density at radius 1 is 1.33 bits per heavy atom. The van der Waals surface area contributed by atoms with Crippen molar-refractivity contribution in [1.82, 2.24) is 5.32 Å². The van der Waals surface area contributed by atoms with Gasteiger partial charge in [-0.1, -0.05) is 32.4 Å². The zero-order valence-corrected chi connectivity index (χ0v) is 12.8. The number of benzene rings is 1. The summed E-state index contributed by atoms with van der Waals surface area (Å²) >= 11 is 5.58. The fourth-order valence-electron chi connectivity index (χ4n) is 1.35. The van der Waals surface area contributed by atoms with E-state index in [2.05, 4.69) is 10.6 Å². The lowest BCUT2D eigenvalue weighted by atomic mass is 9.89. The molecular formula is C14H18ClFN2O3. The van der Waals surface area contributed by atoms with Crippen molar-refractivity contribution in [3.63, 3.8) is 0 Å². The van der Waals surface area contributed by atoms with Gasteiger partial charge in [-0.25, -0.2) is 4.39 Å². The average Bonchev–Trinajstić information content (AvgIpc) is 2.37. The van der Waals surface area contributed by atoms with Crippen molar-refractivity contribution in [3.05, 3.63) is 29.0 Å². The molecule has 0 saturated heterocycles. The van der Waals surface area contributed by atoms with Gasteiger partial charge in [-0.3, -0.25) is 9.59 Å². The Labute approximate surface area is 127 Å². The van der Waals surface area contributed by atoms with Crippen molar-refractivity contribution in [2.45, 2.75) is 26.9 Å². The molecule has 1 aromatic rings. The van der Waals surface area contributed by atoms with Crippen LogP contribution < -0.4 is 10.6 Å². The van der Waals surface area contributed by atoms with Crippen molar-refractivity contribution in [2.24, 2.45) is 5.41 Å². The Morgan fingerprint density at radius 2 is 1.95 bits per heavy atom. The molecule has 0 heterocycles. The van der Waals surface area contributed by atoms with E-state index in [1.54, 1.807) is 20.8 Å². The van der Waals surface area contributed by atoms with Crippen LogP contribution in [-0.2, 0) is 9.59 Å². The molecule has 2 amide bonds. The van der Waals surface area contributed by atoms with E-state index in [9.17, 15) is 19.1 Å². The van der Waals surface area contributed by atoms with Gasteiger partial charge in [0.2, 0.25) is 0 Å². The number of amides is 2. The van der Waals surface area contributed by atoms with Crippen LogP contribution in [0.1, 0.15) is 20.8 Å². The predicted octanol–water partition coefficient (Wildman–Crippen LogP) is 1.94. The molecule has 5 nitrogen and oxygen atoms in total. The summed E-state index contributed by atoms with van der Waals surface area (Å²) in [6.45, 7) is 5.33. The number of nitrogens with one attached hydrogen (secondary N) is 2. The van der Waals surface area contributed by atoms with Gasteiger partial charge < -0.3 is 15.7 Å². The summed E-state index contributed by atoms with van der Waals surface area (Å²) in [6, 6.07) is 3.67. The molecular weight excluding hydrogens is 299 g/mol. The van der Waals surface area contributed by atoms with Gasteiger partial charge in [0.15, 0.2) is 0 Å². The van der Waals surface area contributed by atoms with E-state index in [-0.39, 0.29) is 17.3 Å². The van der Waals surface area contributed by atoms with Crippen LogP contribution in [-0.4, -0.2) is 29.6 Å². The van der Waals surface area contributed by atoms with E-state index in [0.29, 0.717) is 0 Å². The first-order chi connectivity index (χ1) is 9.61. The largest absolute Gasteiger partial charge is 0.391 e. The van der Waals surface area contributed by atoms with Gasteiger partial charge in [-0.15, -0.1) is 0 Å². The number of hydrogen-bond acceptors (Lipinski definition) is 3. The second-order valence-corrected chi connectivity index (χ2v) is 6.11. The van der Waals surface area contributed by atoms with E-state index in [1.165, 1.54) is 12.1 Å². The van der Waals surface area contributed by atoms with E-state index in [4.69, 9.17) is 11.6 Å². The highest BCUT2D eigenvalue weighted by molar-refractivity contribution is 6.39. The number of carbonyl (C=O) groups is 2. The highest BCUT2D eigenvalue weighted by Crippen LogP contribution is 2.19. The molecule has 7 heteroatoms. The summed E-state index contributed by atoms with van der Waals surface area (Å²) in [5, 5.41) is 14.4. The minimum atomic E-state index is -1.02. The minimum Gasteiger partial charge on any atom is -0.391 e. The molecule has 116 valence electrons. The fraction of sp³-hybridized carbons (Fsp3) is 0.429. The molecule has 21 heavy (non-hydrogen) atoms. The lowest BCUT2D eigenvalue weighted by molar-refractivity contribution is -0.136. The summed E-state index contributed by atoms with van der Waals surface area (Å²) in [6.07, 6.45) is -0.804. The molecule has 0 radical (unpaired) electrons. The lowest BCUT2D eigenvalue weighted by Crippen LogP contribution is -2.43. The molecule has 0 aliphatic heterocycles. The smallest absolute Gasteiger partial charge is 0.313 e.